The van der Waals surface area contributed by atoms with Crippen molar-refractivity contribution in [3.63, 3.8) is 0 Å². The van der Waals surface area contributed by atoms with Gasteiger partial charge in [-0.1, -0.05) is 54.3 Å². The normalized spacial score (nSPS) is 14.5. The molecule has 0 aliphatic carbocycles. The van der Waals surface area contributed by atoms with Gasteiger partial charge in [0, 0.05) is 12.1 Å². The molecule has 1 heterocycles. The Labute approximate surface area is 206 Å². The Kier molecular flexibility index (Phi) is 6.95. The standard InChI is InChI=1S/C25H20N2O5S2/c1-16-5-3-7-19(11-16)26-24(28)23(34-25(26)33)14-17-9-10-21(22(13-17)31-2)32-15-18-6-4-8-20(12-18)27(29)30/h3-14H,15H2,1-2H3/b23-14-. The summed E-state index contributed by atoms with van der Waals surface area (Å²) in [6, 6.07) is 19.2. The molecule has 4 rings (SSSR count). The number of carbonyl (C=O) groups excluding carboxylic acids is 1. The number of thiocarbonyl (C=S) groups is 1. The monoisotopic (exact) mass is 492 g/mol. The van der Waals surface area contributed by atoms with Crippen molar-refractivity contribution in [1.82, 2.24) is 0 Å². The van der Waals surface area contributed by atoms with Crippen LogP contribution in [0, 0.1) is 17.0 Å². The number of ether oxygens (including phenoxy) is 2. The summed E-state index contributed by atoms with van der Waals surface area (Å²) in [5, 5.41) is 11.0. The van der Waals surface area contributed by atoms with Gasteiger partial charge < -0.3 is 9.47 Å². The molecular weight excluding hydrogens is 472 g/mol. The number of carbonyl (C=O) groups is 1. The number of methoxy groups -OCH3 is 1. The van der Waals surface area contributed by atoms with E-state index < -0.39 is 4.92 Å². The Morgan fingerprint density at radius 3 is 2.62 bits per heavy atom. The van der Waals surface area contributed by atoms with Gasteiger partial charge in [-0.25, -0.2) is 0 Å². The zero-order valence-corrected chi connectivity index (χ0v) is 20.0. The smallest absolute Gasteiger partial charge is 0.270 e. The van der Waals surface area contributed by atoms with Crippen LogP contribution >= 0.6 is 24.0 Å². The van der Waals surface area contributed by atoms with Crippen LogP contribution in [0.15, 0.2) is 71.6 Å². The number of non-ortho nitro benzene ring substituents is 1. The highest BCUT2D eigenvalue weighted by molar-refractivity contribution is 8.27. The van der Waals surface area contributed by atoms with Crippen molar-refractivity contribution in [2.24, 2.45) is 0 Å². The van der Waals surface area contributed by atoms with Gasteiger partial charge in [0.15, 0.2) is 15.8 Å². The van der Waals surface area contributed by atoms with E-state index in [1.54, 1.807) is 30.3 Å². The first kappa shape index (κ1) is 23.5. The number of nitro benzene ring substituents is 1. The van der Waals surface area contributed by atoms with E-state index in [9.17, 15) is 14.9 Å². The number of amides is 1. The highest BCUT2D eigenvalue weighted by atomic mass is 32.2. The largest absolute Gasteiger partial charge is 0.493 e. The predicted octanol–water partition coefficient (Wildman–Crippen LogP) is 5.90. The zero-order valence-electron chi connectivity index (χ0n) is 18.4. The fourth-order valence-corrected chi connectivity index (χ4v) is 4.72. The topological polar surface area (TPSA) is 81.9 Å². The molecule has 7 nitrogen and oxygen atoms in total. The molecule has 172 valence electrons. The lowest BCUT2D eigenvalue weighted by molar-refractivity contribution is -0.384. The highest BCUT2D eigenvalue weighted by Crippen LogP contribution is 2.37. The molecule has 1 saturated heterocycles. The summed E-state index contributed by atoms with van der Waals surface area (Å²) in [7, 11) is 1.52. The van der Waals surface area contributed by atoms with E-state index in [1.165, 1.54) is 35.9 Å². The molecule has 9 heteroatoms. The predicted molar refractivity (Wildman–Crippen MR) is 137 cm³/mol. The lowest BCUT2D eigenvalue weighted by Gasteiger charge is -2.14. The highest BCUT2D eigenvalue weighted by Gasteiger charge is 2.33. The van der Waals surface area contributed by atoms with Crippen molar-refractivity contribution in [3.05, 3.63) is 98.4 Å². The minimum atomic E-state index is -0.444. The van der Waals surface area contributed by atoms with Gasteiger partial charge in [0.2, 0.25) is 0 Å². The SMILES string of the molecule is COc1cc(/C=C2\SC(=S)N(c3cccc(C)c3)C2=O)ccc1OCc1cccc([N+](=O)[O-])c1. The van der Waals surface area contributed by atoms with Crippen LogP contribution in [0.1, 0.15) is 16.7 Å². The second-order valence-corrected chi connectivity index (χ2v) is 9.16. The number of hydrogen-bond acceptors (Lipinski definition) is 7. The fourth-order valence-electron chi connectivity index (χ4n) is 3.42. The van der Waals surface area contributed by atoms with Crippen LogP contribution in [0.2, 0.25) is 0 Å². The van der Waals surface area contributed by atoms with Gasteiger partial charge in [0.25, 0.3) is 11.6 Å². The molecule has 3 aromatic carbocycles. The zero-order chi connectivity index (χ0) is 24.2. The first-order valence-electron chi connectivity index (χ1n) is 10.2. The second kappa shape index (κ2) is 10.1. The molecule has 0 spiro atoms. The minimum Gasteiger partial charge on any atom is -0.493 e. The average molecular weight is 493 g/mol. The lowest BCUT2D eigenvalue weighted by Crippen LogP contribution is -2.27. The number of nitrogens with zero attached hydrogens (tertiary/aromatic N) is 2. The Bertz CT molecular complexity index is 1320. The molecule has 1 fully saturated rings. The number of thioether (sulfide) groups is 1. The summed E-state index contributed by atoms with van der Waals surface area (Å²) in [4.78, 5) is 25.6. The third-order valence-corrected chi connectivity index (χ3v) is 6.36. The molecule has 1 amide bonds. The van der Waals surface area contributed by atoms with E-state index in [4.69, 9.17) is 21.7 Å². The van der Waals surface area contributed by atoms with E-state index in [2.05, 4.69) is 0 Å². The average Bonchev–Trinajstić information content (AvgIpc) is 3.10. The van der Waals surface area contributed by atoms with Gasteiger partial charge in [-0.15, -0.1) is 0 Å². The summed E-state index contributed by atoms with van der Waals surface area (Å²) < 4.78 is 11.8. The summed E-state index contributed by atoms with van der Waals surface area (Å²) >= 11 is 6.70. The van der Waals surface area contributed by atoms with Gasteiger partial charge in [0.1, 0.15) is 6.61 Å². The van der Waals surface area contributed by atoms with E-state index in [0.29, 0.717) is 26.3 Å². The quantitative estimate of drug-likeness (QED) is 0.176. The number of hydrogen-bond donors (Lipinski definition) is 0. The molecule has 1 aliphatic rings. The number of rotatable bonds is 7. The molecule has 3 aromatic rings. The van der Waals surface area contributed by atoms with Crippen molar-refractivity contribution in [2.45, 2.75) is 13.5 Å². The van der Waals surface area contributed by atoms with Gasteiger partial charge in [-0.2, -0.15) is 0 Å². The van der Waals surface area contributed by atoms with Gasteiger partial charge >= 0.3 is 0 Å². The number of benzene rings is 3. The summed E-state index contributed by atoms with van der Waals surface area (Å²) in [6.45, 7) is 2.11. The number of anilines is 1. The van der Waals surface area contributed by atoms with Crippen molar-refractivity contribution >= 4 is 51.7 Å². The second-order valence-electron chi connectivity index (χ2n) is 7.48. The molecule has 0 radical (unpaired) electrons. The summed E-state index contributed by atoms with van der Waals surface area (Å²) in [5.74, 6) is 0.789. The van der Waals surface area contributed by atoms with Gasteiger partial charge in [-0.3, -0.25) is 19.8 Å². The van der Waals surface area contributed by atoms with E-state index in [-0.39, 0.29) is 18.2 Å². The maximum Gasteiger partial charge on any atom is 0.270 e. The Morgan fingerprint density at radius 2 is 1.88 bits per heavy atom. The molecule has 1 aliphatic heterocycles. The molecule has 0 bridgehead atoms. The molecule has 0 aromatic heterocycles. The summed E-state index contributed by atoms with van der Waals surface area (Å²) in [6.07, 6.45) is 1.77. The van der Waals surface area contributed by atoms with Crippen LogP contribution in [0.3, 0.4) is 0 Å². The van der Waals surface area contributed by atoms with Crippen molar-refractivity contribution in [3.8, 4) is 11.5 Å². The Morgan fingerprint density at radius 1 is 1.09 bits per heavy atom. The van der Waals surface area contributed by atoms with E-state index >= 15 is 0 Å². The Balaban J connectivity index is 1.52. The van der Waals surface area contributed by atoms with Crippen molar-refractivity contribution < 1.29 is 19.2 Å². The lowest BCUT2D eigenvalue weighted by atomic mass is 10.1. The van der Waals surface area contributed by atoms with E-state index in [0.717, 1.165) is 16.8 Å². The van der Waals surface area contributed by atoms with Crippen LogP contribution in [0.5, 0.6) is 11.5 Å². The van der Waals surface area contributed by atoms with Crippen LogP contribution in [-0.2, 0) is 11.4 Å². The third kappa shape index (κ3) is 5.11. The van der Waals surface area contributed by atoms with Gasteiger partial charge in [-0.05, 0) is 54.0 Å². The molecule has 34 heavy (non-hydrogen) atoms. The van der Waals surface area contributed by atoms with Crippen molar-refractivity contribution in [2.75, 3.05) is 12.0 Å². The summed E-state index contributed by atoms with van der Waals surface area (Å²) in [5.41, 5.74) is 3.21. The fraction of sp³-hybridized carbons (Fsp3) is 0.120. The number of aryl methyl sites for hydroxylation is 1. The maximum atomic E-state index is 13.0. The Hall–Kier alpha value is -3.69. The number of nitro groups is 1. The first-order valence-corrected chi connectivity index (χ1v) is 11.5. The van der Waals surface area contributed by atoms with Crippen molar-refractivity contribution in [1.29, 1.82) is 0 Å². The van der Waals surface area contributed by atoms with Crippen LogP contribution in [-0.4, -0.2) is 22.3 Å². The first-order chi connectivity index (χ1) is 16.4. The van der Waals surface area contributed by atoms with Crippen LogP contribution in [0.25, 0.3) is 6.08 Å². The van der Waals surface area contributed by atoms with Crippen LogP contribution < -0.4 is 14.4 Å². The third-order valence-electron chi connectivity index (χ3n) is 5.05. The maximum absolute atomic E-state index is 13.0. The molecular formula is C25H20N2O5S2. The molecule has 0 unspecified atom stereocenters. The molecule has 0 saturated carbocycles. The molecule has 0 N–H and O–H groups in total. The van der Waals surface area contributed by atoms with Crippen LogP contribution in [0.4, 0.5) is 11.4 Å². The van der Waals surface area contributed by atoms with Gasteiger partial charge in [0.05, 0.1) is 22.6 Å². The molecule has 0 atom stereocenters. The van der Waals surface area contributed by atoms with E-state index in [1.807, 2.05) is 37.3 Å². The minimum absolute atomic E-state index is 0.00592.